The third kappa shape index (κ3) is 2.65. The van der Waals surface area contributed by atoms with E-state index in [1.54, 1.807) is 11.3 Å². The zero-order valence-electron chi connectivity index (χ0n) is 11.6. The molecule has 18 heavy (non-hydrogen) atoms. The molecular formula is C16H21NS. The largest absolute Gasteiger partial charge is 0.306 e. The molecule has 1 nitrogen and oxygen atoms in total. The second kappa shape index (κ2) is 5.68. The molecule has 0 saturated carbocycles. The van der Waals surface area contributed by atoms with Crippen molar-refractivity contribution in [1.82, 2.24) is 5.32 Å². The summed E-state index contributed by atoms with van der Waals surface area (Å²) < 4.78 is 0. The highest BCUT2D eigenvalue weighted by Crippen LogP contribution is 2.28. The monoisotopic (exact) mass is 259 g/mol. The molecule has 0 aliphatic rings. The summed E-state index contributed by atoms with van der Waals surface area (Å²) in [5.41, 5.74) is 6.88. The van der Waals surface area contributed by atoms with E-state index in [1.165, 1.54) is 27.8 Å². The average Bonchev–Trinajstić information content (AvgIpc) is 2.85. The summed E-state index contributed by atoms with van der Waals surface area (Å²) in [6.07, 6.45) is 0. The minimum Gasteiger partial charge on any atom is -0.306 e. The SMILES string of the molecule is CCNC(c1ccsc1)c1cc(C)c(C)cc1C. The normalized spacial score (nSPS) is 12.7. The first-order valence-electron chi connectivity index (χ1n) is 6.46. The molecule has 1 aromatic heterocycles. The maximum absolute atomic E-state index is 3.60. The van der Waals surface area contributed by atoms with Gasteiger partial charge in [-0.3, -0.25) is 0 Å². The highest BCUT2D eigenvalue weighted by Gasteiger charge is 2.16. The van der Waals surface area contributed by atoms with Crippen LogP contribution in [-0.4, -0.2) is 6.54 Å². The van der Waals surface area contributed by atoms with Crippen LogP contribution in [0.5, 0.6) is 0 Å². The van der Waals surface area contributed by atoms with Gasteiger partial charge in [-0.05, 0) is 72.0 Å². The highest BCUT2D eigenvalue weighted by molar-refractivity contribution is 7.08. The van der Waals surface area contributed by atoms with Gasteiger partial charge in [0.25, 0.3) is 0 Å². The van der Waals surface area contributed by atoms with Crippen molar-refractivity contribution >= 4 is 11.3 Å². The van der Waals surface area contributed by atoms with Crippen LogP contribution in [0.4, 0.5) is 0 Å². The molecule has 0 aliphatic carbocycles. The van der Waals surface area contributed by atoms with E-state index < -0.39 is 0 Å². The third-order valence-corrected chi connectivity index (χ3v) is 4.18. The number of nitrogens with one attached hydrogen (secondary N) is 1. The van der Waals surface area contributed by atoms with Crippen molar-refractivity contribution in [2.45, 2.75) is 33.7 Å². The van der Waals surface area contributed by atoms with Crippen molar-refractivity contribution in [1.29, 1.82) is 0 Å². The molecule has 1 N–H and O–H groups in total. The van der Waals surface area contributed by atoms with Gasteiger partial charge in [0.15, 0.2) is 0 Å². The van der Waals surface area contributed by atoms with Crippen LogP contribution < -0.4 is 5.32 Å². The Morgan fingerprint density at radius 1 is 1.11 bits per heavy atom. The summed E-state index contributed by atoms with van der Waals surface area (Å²) in [5, 5.41) is 7.98. The Balaban J connectivity index is 2.46. The fourth-order valence-electron chi connectivity index (χ4n) is 2.34. The minimum atomic E-state index is 0.320. The average molecular weight is 259 g/mol. The molecule has 0 fully saturated rings. The van der Waals surface area contributed by atoms with E-state index in [2.05, 4.69) is 62.0 Å². The topological polar surface area (TPSA) is 12.0 Å². The number of thiophene rings is 1. The van der Waals surface area contributed by atoms with Gasteiger partial charge in [0.05, 0.1) is 6.04 Å². The van der Waals surface area contributed by atoms with Gasteiger partial charge in [-0.15, -0.1) is 0 Å². The molecule has 1 atom stereocenters. The zero-order valence-corrected chi connectivity index (χ0v) is 12.4. The predicted octanol–water partition coefficient (Wildman–Crippen LogP) is 4.37. The van der Waals surface area contributed by atoms with E-state index in [0.717, 1.165) is 6.54 Å². The van der Waals surface area contributed by atoms with Crippen LogP contribution in [0.3, 0.4) is 0 Å². The molecule has 0 radical (unpaired) electrons. The van der Waals surface area contributed by atoms with Gasteiger partial charge < -0.3 is 5.32 Å². The molecule has 0 saturated heterocycles. The second-order valence-electron chi connectivity index (χ2n) is 4.84. The van der Waals surface area contributed by atoms with E-state index in [9.17, 15) is 0 Å². The van der Waals surface area contributed by atoms with E-state index >= 15 is 0 Å². The Bertz CT molecular complexity index is 514. The van der Waals surface area contributed by atoms with Gasteiger partial charge in [-0.2, -0.15) is 11.3 Å². The minimum absolute atomic E-state index is 0.320. The van der Waals surface area contributed by atoms with Crippen molar-refractivity contribution in [2.24, 2.45) is 0 Å². The fraction of sp³-hybridized carbons (Fsp3) is 0.375. The highest BCUT2D eigenvalue weighted by atomic mass is 32.1. The molecule has 0 aliphatic heterocycles. The standard InChI is InChI=1S/C16H21NS/c1-5-17-16(14-6-7-18-10-14)15-9-12(3)11(2)8-13(15)4/h6-10,16-17H,5H2,1-4H3. The molecule has 1 heterocycles. The molecule has 2 rings (SSSR count). The number of benzene rings is 1. The smallest absolute Gasteiger partial charge is 0.0587 e. The first kappa shape index (κ1) is 13.3. The Hall–Kier alpha value is -1.12. The van der Waals surface area contributed by atoms with E-state index in [1.807, 2.05) is 0 Å². The van der Waals surface area contributed by atoms with Crippen molar-refractivity contribution < 1.29 is 0 Å². The van der Waals surface area contributed by atoms with Gasteiger partial charge >= 0.3 is 0 Å². The molecule has 2 heteroatoms. The molecule has 1 unspecified atom stereocenters. The van der Waals surface area contributed by atoms with Crippen molar-refractivity contribution in [3.8, 4) is 0 Å². The fourth-order valence-corrected chi connectivity index (χ4v) is 3.03. The van der Waals surface area contributed by atoms with E-state index in [0.29, 0.717) is 6.04 Å². The van der Waals surface area contributed by atoms with Gasteiger partial charge in [0, 0.05) is 0 Å². The van der Waals surface area contributed by atoms with Crippen LogP contribution in [0.25, 0.3) is 0 Å². The van der Waals surface area contributed by atoms with Crippen molar-refractivity contribution in [3.05, 3.63) is 56.8 Å². The molecular weight excluding hydrogens is 238 g/mol. The molecule has 0 spiro atoms. The molecule has 0 bridgehead atoms. The maximum Gasteiger partial charge on any atom is 0.0587 e. The van der Waals surface area contributed by atoms with Crippen LogP contribution in [0.2, 0.25) is 0 Å². The summed E-state index contributed by atoms with van der Waals surface area (Å²) >= 11 is 1.76. The van der Waals surface area contributed by atoms with Crippen LogP contribution in [0.1, 0.15) is 40.8 Å². The first-order valence-corrected chi connectivity index (χ1v) is 7.41. The number of rotatable bonds is 4. The lowest BCUT2D eigenvalue weighted by molar-refractivity contribution is 0.629. The maximum atomic E-state index is 3.60. The van der Waals surface area contributed by atoms with Crippen molar-refractivity contribution in [3.63, 3.8) is 0 Å². The Morgan fingerprint density at radius 3 is 2.44 bits per heavy atom. The lowest BCUT2D eigenvalue weighted by atomic mass is 9.93. The van der Waals surface area contributed by atoms with Crippen molar-refractivity contribution in [2.75, 3.05) is 6.54 Å². The summed E-state index contributed by atoms with van der Waals surface area (Å²) in [6.45, 7) is 9.72. The Kier molecular flexibility index (Phi) is 4.20. The third-order valence-electron chi connectivity index (χ3n) is 3.48. The van der Waals surface area contributed by atoms with Gasteiger partial charge in [-0.25, -0.2) is 0 Å². The number of hydrogen-bond donors (Lipinski definition) is 1. The van der Waals surface area contributed by atoms with E-state index in [-0.39, 0.29) is 0 Å². The van der Waals surface area contributed by atoms with Crippen LogP contribution in [0.15, 0.2) is 29.0 Å². The van der Waals surface area contributed by atoms with Crippen LogP contribution in [-0.2, 0) is 0 Å². The first-order chi connectivity index (χ1) is 8.63. The lowest BCUT2D eigenvalue weighted by Gasteiger charge is -2.21. The number of aryl methyl sites for hydroxylation is 3. The lowest BCUT2D eigenvalue weighted by Crippen LogP contribution is -2.22. The van der Waals surface area contributed by atoms with Crippen LogP contribution >= 0.6 is 11.3 Å². The van der Waals surface area contributed by atoms with Gasteiger partial charge in [-0.1, -0.05) is 19.1 Å². The molecule has 96 valence electrons. The summed E-state index contributed by atoms with van der Waals surface area (Å²) in [5.74, 6) is 0. The van der Waals surface area contributed by atoms with Crippen LogP contribution in [0, 0.1) is 20.8 Å². The summed E-state index contributed by atoms with van der Waals surface area (Å²) in [4.78, 5) is 0. The Labute approximate surface area is 114 Å². The van der Waals surface area contributed by atoms with E-state index in [4.69, 9.17) is 0 Å². The molecule has 0 amide bonds. The molecule has 2 aromatic rings. The number of hydrogen-bond acceptors (Lipinski definition) is 2. The zero-order chi connectivity index (χ0) is 13.1. The second-order valence-corrected chi connectivity index (χ2v) is 5.62. The van der Waals surface area contributed by atoms with Gasteiger partial charge in [0.1, 0.15) is 0 Å². The quantitative estimate of drug-likeness (QED) is 0.859. The molecule has 1 aromatic carbocycles. The van der Waals surface area contributed by atoms with Gasteiger partial charge in [0.2, 0.25) is 0 Å². The predicted molar refractivity (Wildman–Crippen MR) is 80.5 cm³/mol. The Morgan fingerprint density at radius 2 is 1.83 bits per heavy atom. The summed E-state index contributed by atoms with van der Waals surface area (Å²) in [7, 11) is 0. The summed E-state index contributed by atoms with van der Waals surface area (Å²) in [6, 6.07) is 7.16.